The average Bonchev–Trinajstić information content (AvgIpc) is 2.78. The highest BCUT2D eigenvalue weighted by Gasteiger charge is 2.20. The van der Waals surface area contributed by atoms with Crippen molar-refractivity contribution in [3.8, 4) is 0 Å². The van der Waals surface area contributed by atoms with Crippen LogP contribution in [-0.2, 0) is 0 Å². The van der Waals surface area contributed by atoms with E-state index in [0.29, 0.717) is 12.0 Å². The fraction of sp³-hybridized carbons (Fsp3) is 0.467. The van der Waals surface area contributed by atoms with Gasteiger partial charge in [0.15, 0.2) is 0 Å². The van der Waals surface area contributed by atoms with Crippen molar-refractivity contribution in [3.05, 3.63) is 35.0 Å². The van der Waals surface area contributed by atoms with Crippen LogP contribution in [-0.4, -0.2) is 7.05 Å². The molecule has 0 aliphatic rings. The van der Waals surface area contributed by atoms with Crippen LogP contribution in [0.4, 0.5) is 4.39 Å². The second-order valence-electron chi connectivity index (χ2n) is 4.67. The smallest absolute Gasteiger partial charge is 0.123 e. The van der Waals surface area contributed by atoms with E-state index in [1.54, 1.807) is 17.4 Å². The molecule has 0 bridgehead atoms. The summed E-state index contributed by atoms with van der Waals surface area (Å²) in [6, 6.07) is 7.53. The quantitative estimate of drug-likeness (QED) is 0.823. The molecule has 18 heavy (non-hydrogen) atoms. The van der Waals surface area contributed by atoms with E-state index in [1.807, 2.05) is 13.1 Å². The standard InChI is InChI=1S/C15H20FNS/c1-4-10(5-2)15(17-3)14-9-11-8-12(16)6-7-13(11)18-14/h6-10,15,17H,4-5H2,1-3H3. The third-order valence-electron chi connectivity index (χ3n) is 3.64. The van der Waals surface area contributed by atoms with Crippen LogP contribution >= 0.6 is 11.3 Å². The molecule has 0 aliphatic carbocycles. The zero-order valence-electron chi connectivity index (χ0n) is 11.2. The summed E-state index contributed by atoms with van der Waals surface area (Å²) < 4.78 is 14.4. The predicted octanol–water partition coefficient (Wildman–Crippen LogP) is 4.74. The molecule has 1 atom stereocenters. The summed E-state index contributed by atoms with van der Waals surface area (Å²) in [6.45, 7) is 4.46. The van der Waals surface area contributed by atoms with E-state index >= 15 is 0 Å². The summed E-state index contributed by atoms with van der Waals surface area (Å²) in [6.07, 6.45) is 2.31. The molecule has 3 heteroatoms. The van der Waals surface area contributed by atoms with E-state index in [-0.39, 0.29) is 5.82 Å². The molecule has 1 N–H and O–H groups in total. The molecule has 0 spiro atoms. The van der Waals surface area contributed by atoms with Crippen molar-refractivity contribution in [1.29, 1.82) is 0 Å². The molecule has 2 aromatic rings. The predicted molar refractivity (Wildman–Crippen MR) is 77.7 cm³/mol. The van der Waals surface area contributed by atoms with E-state index < -0.39 is 0 Å². The van der Waals surface area contributed by atoms with Gasteiger partial charge in [0.25, 0.3) is 0 Å². The highest BCUT2D eigenvalue weighted by molar-refractivity contribution is 7.19. The zero-order chi connectivity index (χ0) is 13.1. The first-order valence-electron chi connectivity index (χ1n) is 6.55. The van der Waals surface area contributed by atoms with Gasteiger partial charge < -0.3 is 5.32 Å². The van der Waals surface area contributed by atoms with Gasteiger partial charge in [0.2, 0.25) is 0 Å². The molecule has 98 valence electrons. The van der Waals surface area contributed by atoms with E-state index in [9.17, 15) is 4.39 Å². The Morgan fingerprint density at radius 2 is 1.94 bits per heavy atom. The molecule has 1 aromatic carbocycles. The van der Waals surface area contributed by atoms with Gasteiger partial charge in [-0.05, 0) is 42.6 Å². The van der Waals surface area contributed by atoms with Crippen LogP contribution in [0.15, 0.2) is 24.3 Å². The van der Waals surface area contributed by atoms with Crippen molar-refractivity contribution >= 4 is 21.4 Å². The van der Waals surface area contributed by atoms with Gasteiger partial charge in [-0.15, -0.1) is 11.3 Å². The third-order valence-corrected chi connectivity index (χ3v) is 4.83. The van der Waals surface area contributed by atoms with Crippen molar-refractivity contribution < 1.29 is 4.39 Å². The number of benzene rings is 1. The van der Waals surface area contributed by atoms with Gasteiger partial charge in [0, 0.05) is 15.6 Å². The summed E-state index contributed by atoms with van der Waals surface area (Å²) in [5.41, 5.74) is 0. The fourth-order valence-corrected chi connectivity index (χ4v) is 3.81. The molecule has 1 heterocycles. The van der Waals surface area contributed by atoms with Gasteiger partial charge in [-0.25, -0.2) is 4.39 Å². The summed E-state index contributed by atoms with van der Waals surface area (Å²) in [4.78, 5) is 1.31. The number of thiophene rings is 1. The van der Waals surface area contributed by atoms with Crippen molar-refractivity contribution in [2.75, 3.05) is 7.05 Å². The van der Waals surface area contributed by atoms with Gasteiger partial charge in [-0.3, -0.25) is 0 Å². The van der Waals surface area contributed by atoms with E-state index in [4.69, 9.17) is 0 Å². The summed E-state index contributed by atoms with van der Waals surface area (Å²) >= 11 is 1.77. The minimum atomic E-state index is -0.157. The number of halogens is 1. The molecule has 0 saturated carbocycles. The molecule has 0 radical (unpaired) electrons. The Bertz CT molecular complexity index is 516. The van der Waals surface area contributed by atoms with Gasteiger partial charge in [0.1, 0.15) is 5.82 Å². The zero-order valence-corrected chi connectivity index (χ0v) is 12.0. The van der Waals surface area contributed by atoms with Crippen LogP contribution in [0, 0.1) is 11.7 Å². The first-order valence-corrected chi connectivity index (χ1v) is 7.37. The maximum absolute atomic E-state index is 13.2. The van der Waals surface area contributed by atoms with Crippen molar-refractivity contribution in [3.63, 3.8) is 0 Å². The lowest BCUT2D eigenvalue weighted by Crippen LogP contribution is -2.23. The van der Waals surface area contributed by atoms with Crippen molar-refractivity contribution in [2.45, 2.75) is 32.7 Å². The molecule has 0 amide bonds. The van der Waals surface area contributed by atoms with Crippen LogP contribution in [0.25, 0.3) is 10.1 Å². The lowest BCUT2D eigenvalue weighted by Gasteiger charge is -2.23. The molecular formula is C15H20FNS. The Labute approximate surface area is 112 Å². The normalized spacial score (nSPS) is 13.4. The van der Waals surface area contributed by atoms with Crippen molar-refractivity contribution in [1.82, 2.24) is 5.32 Å². The van der Waals surface area contributed by atoms with E-state index in [2.05, 4.69) is 25.2 Å². The van der Waals surface area contributed by atoms with Crippen LogP contribution in [0.3, 0.4) is 0 Å². The number of hydrogen-bond donors (Lipinski definition) is 1. The highest BCUT2D eigenvalue weighted by atomic mass is 32.1. The van der Waals surface area contributed by atoms with Crippen molar-refractivity contribution in [2.24, 2.45) is 5.92 Å². The first kappa shape index (κ1) is 13.5. The average molecular weight is 265 g/mol. The lowest BCUT2D eigenvalue weighted by molar-refractivity contribution is 0.364. The Balaban J connectivity index is 2.39. The van der Waals surface area contributed by atoms with Crippen LogP contribution < -0.4 is 5.32 Å². The molecule has 1 aromatic heterocycles. The molecular weight excluding hydrogens is 245 g/mol. The van der Waals surface area contributed by atoms with E-state index in [0.717, 1.165) is 22.9 Å². The molecule has 1 unspecified atom stereocenters. The SMILES string of the molecule is CCC(CC)C(NC)c1cc2cc(F)ccc2s1. The second kappa shape index (κ2) is 5.81. The summed E-state index contributed by atoms with van der Waals surface area (Å²) in [5.74, 6) is 0.475. The molecule has 0 aliphatic heterocycles. The second-order valence-corrected chi connectivity index (χ2v) is 5.79. The molecule has 0 saturated heterocycles. The highest BCUT2D eigenvalue weighted by Crippen LogP contribution is 2.35. The number of fused-ring (bicyclic) bond motifs is 1. The third kappa shape index (κ3) is 2.57. The minimum Gasteiger partial charge on any atom is -0.312 e. The van der Waals surface area contributed by atoms with Gasteiger partial charge in [-0.1, -0.05) is 26.7 Å². The molecule has 0 fully saturated rings. The Hall–Kier alpha value is -0.930. The lowest BCUT2D eigenvalue weighted by atomic mass is 9.93. The minimum absolute atomic E-state index is 0.157. The maximum atomic E-state index is 13.2. The summed E-state index contributed by atoms with van der Waals surface area (Å²) in [5, 5.41) is 4.43. The largest absolute Gasteiger partial charge is 0.312 e. The van der Waals surface area contributed by atoms with Gasteiger partial charge in [-0.2, -0.15) is 0 Å². The summed E-state index contributed by atoms with van der Waals surface area (Å²) in [7, 11) is 2.01. The van der Waals surface area contributed by atoms with E-state index in [1.165, 1.54) is 10.9 Å². The van der Waals surface area contributed by atoms with Gasteiger partial charge >= 0.3 is 0 Å². The van der Waals surface area contributed by atoms with Crippen LogP contribution in [0.2, 0.25) is 0 Å². The Morgan fingerprint density at radius 1 is 1.22 bits per heavy atom. The Morgan fingerprint density at radius 3 is 2.56 bits per heavy atom. The molecule has 2 rings (SSSR count). The Kier molecular flexibility index (Phi) is 4.36. The number of rotatable bonds is 5. The maximum Gasteiger partial charge on any atom is 0.123 e. The topological polar surface area (TPSA) is 12.0 Å². The van der Waals surface area contributed by atoms with Crippen LogP contribution in [0.5, 0.6) is 0 Å². The first-order chi connectivity index (χ1) is 8.69. The number of nitrogens with one attached hydrogen (secondary N) is 1. The fourth-order valence-electron chi connectivity index (χ4n) is 2.56. The monoisotopic (exact) mass is 265 g/mol. The number of hydrogen-bond acceptors (Lipinski definition) is 2. The van der Waals surface area contributed by atoms with Crippen LogP contribution in [0.1, 0.15) is 37.6 Å². The molecule has 1 nitrogen and oxygen atoms in total. The van der Waals surface area contributed by atoms with Gasteiger partial charge in [0.05, 0.1) is 0 Å².